The van der Waals surface area contributed by atoms with Crippen molar-refractivity contribution < 1.29 is 18.3 Å². The summed E-state index contributed by atoms with van der Waals surface area (Å²) in [6.07, 6.45) is 2.38. The summed E-state index contributed by atoms with van der Waals surface area (Å²) in [5.41, 5.74) is 5.61. The van der Waals surface area contributed by atoms with E-state index in [1.807, 2.05) is 0 Å². The van der Waals surface area contributed by atoms with Crippen molar-refractivity contribution >= 4 is 18.3 Å². The van der Waals surface area contributed by atoms with Crippen LogP contribution in [0.3, 0.4) is 0 Å². The predicted molar refractivity (Wildman–Crippen MR) is 86.9 cm³/mol. The van der Waals surface area contributed by atoms with Crippen LogP contribution >= 0.6 is 12.4 Å². The van der Waals surface area contributed by atoms with Crippen LogP contribution in [0.15, 0.2) is 12.1 Å². The maximum Gasteiger partial charge on any atom is 0.256 e. The fourth-order valence-corrected chi connectivity index (χ4v) is 2.55. The third kappa shape index (κ3) is 5.12. The fourth-order valence-electron chi connectivity index (χ4n) is 2.55. The van der Waals surface area contributed by atoms with E-state index in [2.05, 4.69) is 0 Å². The van der Waals surface area contributed by atoms with E-state index in [0.29, 0.717) is 26.2 Å². The number of hydrogen-bond donors (Lipinski definition) is 1. The quantitative estimate of drug-likeness (QED) is 0.832. The van der Waals surface area contributed by atoms with Crippen molar-refractivity contribution in [2.24, 2.45) is 5.73 Å². The molecule has 1 aromatic carbocycles. The number of nitrogens with zero attached hydrogens (tertiary/aromatic N) is 1. The lowest BCUT2D eigenvalue weighted by molar-refractivity contribution is 0.00833. The molecule has 1 aliphatic rings. The molecule has 1 amide bonds. The highest BCUT2D eigenvalue weighted by Gasteiger charge is 2.26. The molecule has 2 rings (SSSR count). The third-order valence-electron chi connectivity index (χ3n) is 3.91. The van der Waals surface area contributed by atoms with Crippen molar-refractivity contribution in [1.29, 1.82) is 0 Å². The first kappa shape index (κ1) is 19.8. The van der Waals surface area contributed by atoms with Crippen LogP contribution in [0, 0.1) is 18.6 Å². The van der Waals surface area contributed by atoms with Gasteiger partial charge in [-0.1, -0.05) is 0 Å². The maximum absolute atomic E-state index is 13.8. The van der Waals surface area contributed by atoms with E-state index in [0.717, 1.165) is 25.3 Å². The molecule has 23 heavy (non-hydrogen) atoms. The lowest BCUT2D eigenvalue weighted by Gasteiger charge is -2.32. The molecule has 0 atom stereocenters. The monoisotopic (exact) mass is 348 g/mol. The Morgan fingerprint density at radius 1 is 1.30 bits per heavy atom. The number of amides is 1. The predicted octanol–water partition coefficient (Wildman–Crippen LogP) is 2.67. The zero-order valence-electron chi connectivity index (χ0n) is 13.2. The SMILES string of the molecule is Cc1cc(C(=O)N2CCC(OCCCN)CC2)c(F)cc1F.Cl. The summed E-state index contributed by atoms with van der Waals surface area (Å²) in [6.45, 7) is 3.77. The van der Waals surface area contributed by atoms with Gasteiger partial charge in [0.25, 0.3) is 5.91 Å². The number of benzene rings is 1. The fraction of sp³-hybridized carbons (Fsp3) is 0.562. The zero-order chi connectivity index (χ0) is 16.1. The normalized spacial score (nSPS) is 15.4. The van der Waals surface area contributed by atoms with Gasteiger partial charge in [-0.15, -0.1) is 12.4 Å². The van der Waals surface area contributed by atoms with Gasteiger partial charge in [-0.05, 0) is 44.4 Å². The molecule has 1 aromatic rings. The number of carbonyl (C=O) groups excluding carboxylic acids is 1. The van der Waals surface area contributed by atoms with E-state index >= 15 is 0 Å². The van der Waals surface area contributed by atoms with Crippen molar-refractivity contribution in [3.63, 3.8) is 0 Å². The Balaban J connectivity index is 0.00000264. The molecule has 4 nitrogen and oxygen atoms in total. The Labute approximate surface area is 141 Å². The van der Waals surface area contributed by atoms with Gasteiger partial charge < -0.3 is 15.4 Å². The zero-order valence-corrected chi connectivity index (χ0v) is 14.0. The highest BCUT2D eigenvalue weighted by atomic mass is 35.5. The van der Waals surface area contributed by atoms with Gasteiger partial charge in [0.15, 0.2) is 0 Å². The van der Waals surface area contributed by atoms with E-state index in [9.17, 15) is 13.6 Å². The van der Waals surface area contributed by atoms with Crippen LogP contribution < -0.4 is 5.73 Å². The lowest BCUT2D eigenvalue weighted by Crippen LogP contribution is -2.41. The summed E-state index contributed by atoms with van der Waals surface area (Å²) in [4.78, 5) is 14.0. The summed E-state index contributed by atoms with van der Waals surface area (Å²) in [5.74, 6) is -1.84. The molecule has 1 aliphatic heterocycles. The second-order valence-electron chi connectivity index (χ2n) is 5.59. The topological polar surface area (TPSA) is 55.6 Å². The molecule has 0 radical (unpaired) electrons. The number of carbonyl (C=O) groups is 1. The molecule has 0 bridgehead atoms. The number of aryl methyl sites for hydroxylation is 1. The number of hydrogen-bond acceptors (Lipinski definition) is 3. The molecule has 7 heteroatoms. The van der Waals surface area contributed by atoms with Gasteiger partial charge in [-0.3, -0.25) is 4.79 Å². The largest absolute Gasteiger partial charge is 0.378 e. The van der Waals surface area contributed by atoms with E-state index < -0.39 is 11.6 Å². The average molecular weight is 349 g/mol. The molecule has 1 heterocycles. The van der Waals surface area contributed by atoms with Crippen molar-refractivity contribution in [3.8, 4) is 0 Å². The van der Waals surface area contributed by atoms with Crippen molar-refractivity contribution in [2.45, 2.75) is 32.3 Å². The number of piperidine rings is 1. The summed E-state index contributed by atoms with van der Waals surface area (Å²) in [6, 6.07) is 2.04. The summed E-state index contributed by atoms with van der Waals surface area (Å²) in [7, 11) is 0. The standard InChI is InChI=1S/C16H22F2N2O2.ClH/c1-11-9-13(15(18)10-14(11)17)16(21)20-6-3-12(4-7-20)22-8-2-5-19;/h9-10,12H,2-8,19H2,1H3;1H. The Morgan fingerprint density at radius 2 is 1.96 bits per heavy atom. The second-order valence-corrected chi connectivity index (χ2v) is 5.59. The first-order valence-electron chi connectivity index (χ1n) is 7.59. The number of rotatable bonds is 5. The second kappa shape index (κ2) is 9.15. The highest BCUT2D eigenvalue weighted by molar-refractivity contribution is 5.94. The molecule has 0 aromatic heterocycles. The lowest BCUT2D eigenvalue weighted by atomic mass is 10.0. The van der Waals surface area contributed by atoms with E-state index in [1.165, 1.54) is 13.0 Å². The molecule has 0 unspecified atom stereocenters. The maximum atomic E-state index is 13.8. The number of halogens is 3. The minimum atomic E-state index is -0.811. The van der Waals surface area contributed by atoms with Crippen LogP contribution in [0.25, 0.3) is 0 Å². The number of likely N-dealkylation sites (tertiary alicyclic amines) is 1. The Bertz CT molecular complexity index is 535. The van der Waals surface area contributed by atoms with Crippen LogP contribution in [0.4, 0.5) is 8.78 Å². The average Bonchev–Trinajstić information content (AvgIpc) is 2.51. The van der Waals surface area contributed by atoms with Crippen LogP contribution in [-0.4, -0.2) is 43.2 Å². The van der Waals surface area contributed by atoms with Crippen LogP contribution in [0.2, 0.25) is 0 Å². The number of nitrogens with two attached hydrogens (primary N) is 1. The molecule has 2 N–H and O–H groups in total. The van der Waals surface area contributed by atoms with Gasteiger partial charge in [0.1, 0.15) is 11.6 Å². The minimum absolute atomic E-state index is 0. The Hall–Kier alpha value is -1.24. The molecular formula is C16H23ClF2N2O2. The van der Waals surface area contributed by atoms with Gasteiger partial charge in [0, 0.05) is 25.8 Å². The smallest absolute Gasteiger partial charge is 0.256 e. The van der Waals surface area contributed by atoms with Crippen molar-refractivity contribution in [3.05, 3.63) is 34.9 Å². The van der Waals surface area contributed by atoms with Crippen molar-refractivity contribution in [2.75, 3.05) is 26.2 Å². The Kier molecular flexibility index (Phi) is 7.88. The molecule has 1 saturated heterocycles. The van der Waals surface area contributed by atoms with Gasteiger partial charge in [0.05, 0.1) is 11.7 Å². The summed E-state index contributed by atoms with van der Waals surface area (Å²) >= 11 is 0. The first-order valence-corrected chi connectivity index (χ1v) is 7.59. The third-order valence-corrected chi connectivity index (χ3v) is 3.91. The molecule has 0 aliphatic carbocycles. The van der Waals surface area contributed by atoms with Gasteiger partial charge >= 0.3 is 0 Å². The van der Waals surface area contributed by atoms with E-state index in [-0.39, 0.29) is 35.5 Å². The van der Waals surface area contributed by atoms with Gasteiger partial charge in [-0.2, -0.15) is 0 Å². The van der Waals surface area contributed by atoms with Crippen LogP contribution in [-0.2, 0) is 4.74 Å². The first-order chi connectivity index (χ1) is 10.5. The van der Waals surface area contributed by atoms with Crippen LogP contribution in [0.1, 0.15) is 35.2 Å². The summed E-state index contributed by atoms with van der Waals surface area (Å²) < 4.78 is 32.7. The van der Waals surface area contributed by atoms with Gasteiger partial charge in [-0.25, -0.2) is 8.78 Å². The number of ether oxygens (including phenoxy) is 1. The van der Waals surface area contributed by atoms with Gasteiger partial charge in [0.2, 0.25) is 0 Å². The summed E-state index contributed by atoms with van der Waals surface area (Å²) in [5, 5.41) is 0. The molecule has 130 valence electrons. The molecule has 0 saturated carbocycles. The van der Waals surface area contributed by atoms with Crippen molar-refractivity contribution in [1.82, 2.24) is 4.90 Å². The molecule has 1 fully saturated rings. The molecule has 0 spiro atoms. The van der Waals surface area contributed by atoms with E-state index in [4.69, 9.17) is 10.5 Å². The molecular weight excluding hydrogens is 326 g/mol. The Morgan fingerprint density at radius 3 is 2.57 bits per heavy atom. The van der Waals surface area contributed by atoms with Crippen LogP contribution in [0.5, 0.6) is 0 Å². The van der Waals surface area contributed by atoms with E-state index in [1.54, 1.807) is 4.90 Å². The minimum Gasteiger partial charge on any atom is -0.378 e. The highest BCUT2D eigenvalue weighted by Crippen LogP contribution is 2.20.